The van der Waals surface area contributed by atoms with E-state index in [2.05, 4.69) is 29.4 Å². The average Bonchev–Trinajstić information content (AvgIpc) is 3.12. The van der Waals surface area contributed by atoms with Gasteiger partial charge in [-0.3, -0.25) is 9.59 Å². The van der Waals surface area contributed by atoms with E-state index in [1.807, 2.05) is 73.3 Å². The van der Waals surface area contributed by atoms with Crippen LogP contribution in [0.15, 0.2) is 60.7 Å². The van der Waals surface area contributed by atoms with Crippen LogP contribution in [-0.4, -0.2) is 49.4 Å². The average molecular weight is 561 g/mol. The Kier molecular flexibility index (Phi) is 10.4. The summed E-state index contributed by atoms with van der Waals surface area (Å²) < 4.78 is 0. The highest BCUT2D eigenvalue weighted by molar-refractivity contribution is 6.30. The van der Waals surface area contributed by atoms with Crippen molar-refractivity contribution >= 4 is 34.8 Å². The predicted molar refractivity (Wildman–Crippen MR) is 166 cm³/mol. The van der Waals surface area contributed by atoms with Crippen molar-refractivity contribution in [1.82, 2.24) is 10.2 Å². The third-order valence-electron chi connectivity index (χ3n) is 7.82. The first-order chi connectivity index (χ1) is 19.3. The normalized spacial score (nSPS) is 15.1. The highest BCUT2D eigenvalue weighted by Crippen LogP contribution is 2.36. The summed E-state index contributed by atoms with van der Waals surface area (Å²) in [5, 5.41) is 7.38. The molecule has 1 unspecified atom stereocenters. The largest absolute Gasteiger partial charge is 0.322 e. The fourth-order valence-corrected chi connectivity index (χ4v) is 5.65. The lowest BCUT2D eigenvalue weighted by atomic mass is 10.0. The molecule has 6 nitrogen and oxygen atoms in total. The summed E-state index contributed by atoms with van der Waals surface area (Å²) in [5.74, 6) is -0.203. The van der Waals surface area contributed by atoms with E-state index >= 15 is 0 Å². The Balaban J connectivity index is 1.50. The molecule has 3 aromatic rings. The maximum atomic E-state index is 13.9. The Bertz CT molecular complexity index is 1340. The van der Waals surface area contributed by atoms with Gasteiger partial charge in [-0.25, -0.2) is 0 Å². The van der Waals surface area contributed by atoms with E-state index in [1.165, 1.54) is 0 Å². The van der Waals surface area contributed by atoms with Crippen molar-refractivity contribution in [3.63, 3.8) is 0 Å². The molecule has 0 radical (unpaired) electrons. The van der Waals surface area contributed by atoms with Gasteiger partial charge in [0.25, 0.3) is 11.8 Å². The van der Waals surface area contributed by atoms with Crippen LogP contribution in [0.25, 0.3) is 0 Å². The van der Waals surface area contributed by atoms with Gasteiger partial charge in [0, 0.05) is 40.1 Å². The zero-order chi connectivity index (χ0) is 28.6. The van der Waals surface area contributed by atoms with Crippen LogP contribution in [0.5, 0.6) is 0 Å². The Hall–Kier alpha value is -3.19. The standard InChI is InChI=1S/C33H41ClN4O2/c1-5-37(6-2)19-10-18-35-30-13-9-20-38(31-17-14-25(34)22-29(30)31)33(40)28-16-15-26(21-24(28)4)36-32(39)27-12-8-7-11-23(27)3/h7-8,11-12,14-17,21-22,30,35H,5-6,9-10,13,18-20H2,1-4H3,(H,36,39). The lowest BCUT2D eigenvalue weighted by Gasteiger charge is -2.26. The van der Waals surface area contributed by atoms with Gasteiger partial charge in [0.05, 0.1) is 0 Å². The number of amides is 2. The SMILES string of the molecule is CCN(CC)CCCNC1CCCN(C(=O)c2ccc(NC(=O)c3ccccc3C)cc2C)c2ccc(Cl)cc21. The molecule has 4 rings (SSSR count). The van der Waals surface area contributed by atoms with Crippen molar-refractivity contribution in [3.05, 3.63) is 93.5 Å². The van der Waals surface area contributed by atoms with Crippen LogP contribution in [0.3, 0.4) is 0 Å². The molecule has 212 valence electrons. The Labute approximate surface area is 243 Å². The number of nitrogens with zero attached hydrogens (tertiary/aromatic N) is 2. The predicted octanol–water partition coefficient (Wildman–Crippen LogP) is 7.01. The van der Waals surface area contributed by atoms with E-state index in [0.29, 0.717) is 28.4 Å². The van der Waals surface area contributed by atoms with Crippen molar-refractivity contribution in [2.45, 2.75) is 53.0 Å². The summed E-state index contributed by atoms with van der Waals surface area (Å²) >= 11 is 6.45. The van der Waals surface area contributed by atoms with Crippen LogP contribution in [0.4, 0.5) is 11.4 Å². The highest BCUT2D eigenvalue weighted by Gasteiger charge is 2.28. The Morgan fingerprint density at radius 3 is 2.48 bits per heavy atom. The molecule has 0 saturated heterocycles. The fourth-order valence-electron chi connectivity index (χ4n) is 5.47. The van der Waals surface area contributed by atoms with Gasteiger partial charge in [0.15, 0.2) is 0 Å². The van der Waals surface area contributed by atoms with Gasteiger partial charge in [0.2, 0.25) is 0 Å². The van der Waals surface area contributed by atoms with Crippen molar-refractivity contribution < 1.29 is 9.59 Å². The van der Waals surface area contributed by atoms with E-state index in [-0.39, 0.29) is 17.9 Å². The topological polar surface area (TPSA) is 64.7 Å². The molecule has 0 saturated carbocycles. The molecule has 1 heterocycles. The highest BCUT2D eigenvalue weighted by atomic mass is 35.5. The lowest BCUT2D eigenvalue weighted by Crippen LogP contribution is -2.32. The number of hydrogen-bond donors (Lipinski definition) is 2. The summed E-state index contributed by atoms with van der Waals surface area (Å²) in [6, 6.07) is 19.0. The van der Waals surface area contributed by atoms with E-state index < -0.39 is 0 Å². The van der Waals surface area contributed by atoms with Crippen LogP contribution in [-0.2, 0) is 0 Å². The summed E-state index contributed by atoms with van der Waals surface area (Å²) in [6.45, 7) is 13.0. The van der Waals surface area contributed by atoms with Crippen molar-refractivity contribution in [2.24, 2.45) is 0 Å². The van der Waals surface area contributed by atoms with Gasteiger partial charge < -0.3 is 20.4 Å². The van der Waals surface area contributed by atoms with Crippen LogP contribution in [0.1, 0.15) is 76.6 Å². The van der Waals surface area contributed by atoms with Crippen molar-refractivity contribution in [3.8, 4) is 0 Å². The van der Waals surface area contributed by atoms with Gasteiger partial charge in [-0.1, -0.05) is 43.6 Å². The van der Waals surface area contributed by atoms with E-state index in [1.54, 1.807) is 6.07 Å². The zero-order valence-corrected chi connectivity index (χ0v) is 24.9. The molecule has 0 aromatic heterocycles. The van der Waals surface area contributed by atoms with Gasteiger partial charge in [-0.05, 0) is 118 Å². The van der Waals surface area contributed by atoms with Crippen molar-refractivity contribution in [2.75, 3.05) is 42.9 Å². The molecule has 0 fully saturated rings. The van der Waals surface area contributed by atoms with Crippen LogP contribution in [0, 0.1) is 13.8 Å². The number of carbonyl (C=O) groups is 2. The number of nitrogens with one attached hydrogen (secondary N) is 2. The van der Waals surface area contributed by atoms with Crippen LogP contribution < -0.4 is 15.5 Å². The number of carbonyl (C=O) groups excluding carboxylic acids is 2. The van der Waals surface area contributed by atoms with E-state index in [0.717, 1.165) is 67.8 Å². The minimum Gasteiger partial charge on any atom is -0.322 e. The molecule has 1 atom stereocenters. The first kappa shape index (κ1) is 29.8. The monoisotopic (exact) mass is 560 g/mol. The van der Waals surface area contributed by atoms with E-state index in [9.17, 15) is 9.59 Å². The molecular weight excluding hydrogens is 520 g/mol. The number of hydrogen-bond acceptors (Lipinski definition) is 4. The summed E-state index contributed by atoms with van der Waals surface area (Å²) in [4.78, 5) is 31.0. The maximum Gasteiger partial charge on any atom is 0.258 e. The van der Waals surface area contributed by atoms with E-state index in [4.69, 9.17) is 11.6 Å². The Morgan fingerprint density at radius 2 is 1.75 bits per heavy atom. The molecule has 40 heavy (non-hydrogen) atoms. The van der Waals surface area contributed by atoms with Gasteiger partial charge in [-0.15, -0.1) is 0 Å². The van der Waals surface area contributed by atoms with Crippen LogP contribution >= 0.6 is 11.6 Å². The molecule has 0 bridgehead atoms. The first-order valence-corrected chi connectivity index (χ1v) is 14.7. The molecule has 3 aromatic carbocycles. The number of halogens is 1. The number of aryl methyl sites for hydroxylation is 2. The number of anilines is 2. The molecule has 0 aliphatic carbocycles. The summed E-state index contributed by atoms with van der Waals surface area (Å²) in [5.41, 5.74) is 5.64. The second kappa shape index (κ2) is 13.9. The summed E-state index contributed by atoms with van der Waals surface area (Å²) in [6.07, 6.45) is 2.89. The third-order valence-corrected chi connectivity index (χ3v) is 8.05. The molecule has 7 heteroatoms. The van der Waals surface area contributed by atoms with Crippen molar-refractivity contribution in [1.29, 1.82) is 0 Å². The number of benzene rings is 3. The minimum absolute atomic E-state index is 0.0416. The molecule has 2 amide bonds. The Morgan fingerprint density at radius 1 is 0.975 bits per heavy atom. The van der Waals surface area contributed by atoms with Gasteiger partial charge in [-0.2, -0.15) is 0 Å². The first-order valence-electron chi connectivity index (χ1n) is 14.4. The minimum atomic E-state index is -0.162. The lowest BCUT2D eigenvalue weighted by molar-refractivity contribution is 0.0985. The molecule has 1 aliphatic rings. The molecule has 1 aliphatic heterocycles. The molecule has 2 N–H and O–H groups in total. The number of rotatable bonds is 10. The second-order valence-electron chi connectivity index (χ2n) is 10.5. The second-order valence-corrected chi connectivity index (χ2v) is 10.9. The summed E-state index contributed by atoms with van der Waals surface area (Å²) in [7, 11) is 0. The quantitative estimate of drug-likeness (QED) is 0.262. The smallest absolute Gasteiger partial charge is 0.258 e. The maximum absolute atomic E-state index is 13.9. The number of fused-ring (bicyclic) bond motifs is 1. The third kappa shape index (κ3) is 7.11. The fraction of sp³-hybridized carbons (Fsp3) is 0.394. The molecular formula is C33H41ClN4O2. The van der Waals surface area contributed by atoms with Gasteiger partial charge >= 0.3 is 0 Å². The van der Waals surface area contributed by atoms with Gasteiger partial charge in [0.1, 0.15) is 0 Å². The van der Waals surface area contributed by atoms with Crippen LogP contribution in [0.2, 0.25) is 5.02 Å². The molecule has 0 spiro atoms. The zero-order valence-electron chi connectivity index (χ0n) is 24.1.